The maximum atomic E-state index is 13.7. The molecule has 0 saturated carbocycles. The molecule has 1 N–H and O–H groups in total. The molecule has 0 aromatic heterocycles. The Labute approximate surface area is 390 Å². The van der Waals surface area contributed by atoms with E-state index in [2.05, 4.69) is 25.1 Å². The van der Waals surface area contributed by atoms with Gasteiger partial charge in [0.15, 0.2) is 31.8 Å². The van der Waals surface area contributed by atoms with Gasteiger partial charge in [-0.3, -0.25) is 9.59 Å². The van der Waals surface area contributed by atoms with E-state index in [1.807, 2.05) is 24.3 Å². The summed E-state index contributed by atoms with van der Waals surface area (Å²) in [5, 5.41) is 2.97. The Balaban J connectivity index is 2.15. The third-order valence-corrected chi connectivity index (χ3v) is 9.41. The Kier molecular flexibility index (Phi) is 30.5. The smallest absolute Gasteiger partial charge is 0.330 e. The molecule has 0 aliphatic carbocycles. The quantitative estimate of drug-likeness (QED) is 0.0247. The maximum Gasteiger partial charge on any atom is 0.330 e. The van der Waals surface area contributed by atoms with Crippen LogP contribution in [0.1, 0.15) is 31.1 Å². The zero-order valence-electron chi connectivity index (χ0n) is 37.9. The van der Waals surface area contributed by atoms with Crippen molar-refractivity contribution in [1.29, 1.82) is 0 Å². The van der Waals surface area contributed by atoms with Gasteiger partial charge in [-0.25, -0.2) is 14.4 Å². The predicted molar refractivity (Wildman–Crippen MR) is 239 cm³/mol. The maximum absolute atomic E-state index is 13.7. The first kappa shape index (κ1) is 57.1. The Morgan fingerprint density at radius 2 is 0.985 bits per heavy atom. The van der Waals surface area contributed by atoms with Crippen LogP contribution in [-0.4, -0.2) is 160 Å². The highest BCUT2D eigenvalue weighted by Crippen LogP contribution is 2.31. The lowest BCUT2D eigenvalue weighted by Gasteiger charge is -2.36. The average molecular weight is 950 g/mol. The number of aldehydes is 1. The lowest BCUT2D eigenvalue weighted by molar-refractivity contribution is -0.202. The third-order valence-electron chi connectivity index (χ3n) is 8.31. The normalized spacial score (nSPS) is 13.3. The van der Waals surface area contributed by atoms with Gasteiger partial charge in [0.1, 0.15) is 31.1 Å². The summed E-state index contributed by atoms with van der Waals surface area (Å²) in [4.78, 5) is 60.6. The van der Waals surface area contributed by atoms with Crippen molar-refractivity contribution < 1.29 is 85.6 Å². The summed E-state index contributed by atoms with van der Waals surface area (Å²) in [5.74, 6) is -1.78. The van der Waals surface area contributed by atoms with Gasteiger partial charge < -0.3 is 66.9 Å². The molecule has 66 heavy (non-hydrogen) atoms. The summed E-state index contributed by atoms with van der Waals surface area (Å²) >= 11 is 1.42. The number of benzene rings is 2. The molecule has 0 bridgehead atoms. The molecule has 3 unspecified atom stereocenters. The highest BCUT2D eigenvalue weighted by atomic mass is 32.2. The van der Waals surface area contributed by atoms with Gasteiger partial charge in [-0.15, -0.1) is 0 Å². The number of hydrogen-bond donors (Lipinski definition) is 1. The largest absolute Gasteiger partial charge is 0.484 e. The number of ether oxygens (including phenoxy) is 13. The number of carbonyl (C=O) groups excluding carboxylic acids is 5. The first-order valence-electron chi connectivity index (χ1n) is 21.0. The van der Waals surface area contributed by atoms with Crippen LogP contribution in [0.25, 0.3) is 0 Å². The second kappa shape index (κ2) is 35.2. The molecule has 0 radical (unpaired) electrons. The molecule has 0 heterocycles. The fourth-order valence-corrected chi connectivity index (χ4v) is 5.90. The molecule has 0 aliphatic heterocycles. The fourth-order valence-electron chi connectivity index (χ4n) is 5.00. The molecule has 2 aromatic rings. The molecule has 1 amide bonds. The van der Waals surface area contributed by atoms with Crippen molar-refractivity contribution in [3.63, 3.8) is 0 Å². The monoisotopic (exact) mass is 949 g/mol. The highest BCUT2D eigenvalue weighted by molar-refractivity contribution is 7.99. The van der Waals surface area contributed by atoms with E-state index in [9.17, 15) is 24.0 Å². The zero-order chi connectivity index (χ0) is 48.3. The van der Waals surface area contributed by atoms with E-state index in [-0.39, 0.29) is 99.1 Å². The van der Waals surface area contributed by atoms with Crippen LogP contribution >= 0.6 is 11.8 Å². The molecule has 0 saturated heterocycles. The summed E-state index contributed by atoms with van der Waals surface area (Å²) in [7, 11) is 0. The number of rotatable bonds is 40. The van der Waals surface area contributed by atoms with Gasteiger partial charge in [0.25, 0.3) is 5.91 Å². The van der Waals surface area contributed by atoms with Crippen molar-refractivity contribution in [2.75, 3.05) is 106 Å². The topological polar surface area (TPSA) is 217 Å². The summed E-state index contributed by atoms with van der Waals surface area (Å²) in [6.45, 7) is 15.6. The SMILES string of the molecule is C=CC(=O)OCCOCCOC(C)OCC(COC(C)OCCOCCOC(=O)C=C)(COC(C)OCCOCCOC(=O)C=C)NC(=O)COc1ccc(Sc2ccccc2C=O)cc1. The molecule has 2 rings (SSSR count). The standard InChI is InChI=1S/C46H63NO18S/c1-7-43(50)59-27-21-53-18-24-56-35(4)63-32-46(33-64-36(5)57-25-19-54-22-28-60-44(51)8-2,34-65-37(6)58-26-20-55-23-29-61-45(52)9-3)47-42(49)31-62-39-14-16-40(17-15-39)66-41-13-11-10-12-38(41)30-48/h7-17,30,35-37H,1-3,18-29,31-34H2,4-6H3,(H,47,49). The second-order valence-electron chi connectivity index (χ2n) is 13.5. The number of amides is 1. The van der Waals surface area contributed by atoms with Gasteiger partial charge in [0.05, 0.1) is 79.3 Å². The van der Waals surface area contributed by atoms with Crippen molar-refractivity contribution in [3.05, 3.63) is 92.1 Å². The van der Waals surface area contributed by atoms with Crippen molar-refractivity contribution in [1.82, 2.24) is 5.32 Å². The zero-order valence-corrected chi connectivity index (χ0v) is 38.7. The average Bonchev–Trinajstić information content (AvgIpc) is 3.33. The van der Waals surface area contributed by atoms with Crippen LogP contribution in [0.4, 0.5) is 0 Å². The number of carbonyl (C=O) groups is 5. The van der Waals surface area contributed by atoms with Crippen LogP contribution in [0.3, 0.4) is 0 Å². The minimum absolute atomic E-state index is 0.0511. The van der Waals surface area contributed by atoms with Crippen LogP contribution in [0, 0.1) is 0 Å². The Hall–Kier alpha value is -5.00. The van der Waals surface area contributed by atoms with E-state index in [4.69, 9.17) is 61.6 Å². The lowest BCUT2D eigenvalue weighted by atomic mass is 10.0. The first-order valence-corrected chi connectivity index (χ1v) is 21.8. The van der Waals surface area contributed by atoms with E-state index in [1.54, 1.807) is 45.0 Å². The minimum atomic E-state index is -1.39. The number of hydrogen-bond acceptors (Lipinski definition) is 19. The van der Waals surface area contributed by atoms with Crippen LogP contribution in [-0.2, 0) is 76.0 Å². The molecule has 366 valence electrons. The van der Waals surface area contributed by atoms with Gasteiger partial charge >= 0.3 is 17.9 Å². The molecule has 2 aromatic carbocycles. The van der Waals surface area contributed by atoms with Crippen molar-refractivity contribution in [3.8, 4) is 5.75 Å². The van der Waals surface area contributed by atoms with Gasteiger partial charge in [-0.05, 0) is 51.1 Å². The molecule has 0 aliphatic rings. The van der Waals surface area contributed by atoms with E-state index in [0.717, 1.165) is 34.3 Å². The Bertz CT molecular complexity index is 1640. The predicted octanol–water partition coefficient (Wildman–Crippen LogP) is 4.26. The molecule has 0 spiro atoms. The van der Waals surface area contributed by atoms with Gasteiger partial charge in [0.2, 0.25) is 0 Å². The van der Waals surface area contributed by atoms with Crippen LogP contribution in [0.5, 0.6) is 5.75 Å². The summed E-state index contributed by atoms with van der Waals surface area (Å²) < 4.78 is 72.6. The minimum Gasteiger partial charge on any atom is -0.484 e. The Morgan fingerprint density at radius 1 is 0.576 bits per heavy atom. The molecule has 3 atom stereocenters. The summed E-state index contributed by atoms with van der Waals surface area (Å²) in [6.07, 6.45) is 1.58. The number of esters is 3. The highest BCUT2D eigenvalue weighted by Gasteiger charge is 2.36. The van der Waals surface area contributed by atoms with E-state index in [0.29, 0.717) is 11.3 Å². The third kappa shape index (κ3) is 26.8. The molecular formula is C46H63NO18S. The van der Waals surface area contributed by atoms with Crippen LogP contribution in [0.15, 0.2) is 96.3 Å². The van der Waals surface area contributed by atoms with Crippen molar-refractivity contribution in [2.24, 2.45) is 0 Å². The summed E-state index contributed by atoms with van der Waals surface area (Å²) in [5.41, 5.74) is -0.815. The Morgan fingerprint density at radius 3 is 1.39 bits per heavy atom. The van der Waals surface area contributed by atoms with Crippen LogP contribution in [0.2, 0.25) is 0 Å². The molecule has 20 heteroatoms. The molecule has 0 fully saturated rings. The van der Waals surface area contributed by atoms with Gasteiger partial charge in [-0.2, -0.15) is 0 Å². The van der Waals surface area contributed by atoms with Crippen LogP contribution < -0.4 is 10.1 Å². The van der Waals surface area contributed by atoms with E-state index in [1.165, 1.54) is 11.8 Å². The summed E-state index contributed by atoms with van der Waals surface area (Å²) in [6, 6.07) is 14.3. The lowest BCUT2D eigenvalue weighted by Crippen LogP contribution is -2.60. The van der Waals surface area contributed by atoms with Gasteiger partial charge in [0, 0.05) is 33.6 Å². The first-order chi connectivity index (χ1) is 31.9. The second-order valence-corrected chi connectivity index (χ2v) is 14.7. The van der Waals surface area contributed by atoms with E-state index >= 15 is 0 Å². The fraction of sp³-hybridized carbons (Fsp3) is 0.500. The van der Waals surface area contributed by atoms with E-state index < -0.39 is 54.8 Å². The van der Waals surface area contributed by atoms with Crippen molar-refractivity contribution >= 4 is 41.9 Å². The molecular weight excluding hydrogens is 887 g/mol. The molecule has 19 nitrogen and oxygen atoms in total. The van der Waals surface area contributed by atoms with Gasteiger partial charge in [-0.1, -0.05) is 49.7 Å². The van der Waals surface area contributed by atoms with Crippen molar-refractivity contribution in [2.45, 2.75) is 55.0 Å². The number of nitrogens with one attached hydrogen (secondary N) is 1.